The van der Waals surface area contributed by atoms with Gasteiger partial charge in [0, 0.05) is 11.8 Å². The third-order valence-electron chi connectivity index (χ3n) is 4.89. The Morgan fingerprint density at radius 1 is 1.50 bits per heavy atom. The van der Waals surface area contributed by atoms with Crippen LogP contribution in [0.25, 0.3) is 0 Å². The molecule has 1 unspecified atom stereocenters. The summed E-state index contributed by atoms with van der Waals surface area (Å²) in [7, 11) is 1.61. The van der Waals surface area contributed by atoms with Crippen LogP contribution in [-0.4, -0.2) is 18.0 Å². The molecule has 0 spiro atoms. The summed E-state index contributed by atoms with van der Waals surface area (Å²) in [5, 5.41) is 0. The maximum Gasteiger partial charge on any atom is 0.232 e. The fourth-order valence-corrected chi connectivity index (χ4v) is 3.92. The Labute approximate surface area is 132 Å². The van der Waals surface area contributed by atoms with Gasteiger partial charge in [0.15, 0.2) is 0 Å². The van der Waals surface area contributed by atoms with Crippen LogP contribution in [0.15, 0.2) is 23.8 Å². The molecule has 1 heterocycles. The molecule has 0 aromatic carbocycles. The number of rotatable bonds is 5. The van der Waals surface area contributed by atoms with Crippen molar-refractivity contribution in [3.05, 3.63) is 35.0 Å². The molecular formula is C18H26N2O2. The minimum atomic E-state index is -0.735. The summed E-state index contributed by atoms with van der Waals surface area (Å²) in [6.07, 6.45) is 5.69. The van der Waals surface area contributed by atoms with Gasteiger partial charge in [0.2, 0.25) is 11.8 Å². The molecule has 0 radical (unpaired) electrons. The van der Waals surface area contributed by atoms with Gasteiger partial charge in [0.05, 0.1) is 12.5 Å². The molecule has 4 heteroatoms. The second kappa shape index (κ2) is 6.51. The second-order valence-electron chi connectivity index (χ2n) is 5.90. The number of allylic oxidation sites excluding steroid dienone is 1. The minimum absolute atomic E-state index is 0.280. The number of carbonyl (C=O) groups excluding carboxylic acids is 1. The van der Waals surface area contributed by atoms with Crippen LogP contribution in [0.1, 0.15) is 51.3 Å². The Kier molecular flexibility index (Phi) is 4.89. The highest BCUT2D eigenvalue weighted by molar-refractivity contribution is 5.91. The van der Waals surface area contributed by atoms with Crippen molar-refractivity contribution in [1.82, 2.24) is 4.98 Å². The van der Waals surface area contributed by atoms with Gasteiger partial charge in [-0.3, -0.25) is 4.79 Å². The van der Waals surface area contributed by atoms with Gasteiger partial charge in [0.1, 0.15) is 0 Å². The van der Waals surface area contributed by atoms with Crippen molar-refractivity contribution in [2.24, 2.45) is 11.7 Å². The molecule has 0 saturated carbocycles. The van der Waals surface area contributed by atoms with E-state index in [1.165, 1.54) is 0 Å². The van der Waals surface area contributed by atoms with Crippen molar-refractivity contribution in [2.75, 3.05) is 7.11 Å². The molecule has 0 aliphatic heterocycles. The van der Waals surface area contributed by atoms with Crippen LogP contribution in [0.4, 0.5) is 0 Å². The van der Waals surface area contributed by atoms with E-state index in [0.717, 1.165) is 36.1 Å². The zero-order valence-electron chi connectivity index (χ0n) is 14.0. The van der Waals surface area contributed by atoms with Crippen LogP contribution in [0.2, 0.25) is 0 Å². The van der Waals surface area contributed by atoms with Gasteiger partial charge >= 0.3 is 0 Å². The van der Waals surface area contributed by atoms with Crippen molar-refractivity contribution in [2.45, 2.75) is 51.9 Å². The van der Waals surface area contributed by atoms with E-state index in [0.29, 0.717) is 18.2 Å². The highest BCUT2D eigenvalue weighted by Gasteiger charge is 2.47. The van der Waals surface area contributed by atoms with E-state index in [9.17, 15) is 4.79 Å². The fourth-order valence-electron chi connectivity index (χ4n) is 3.92. The minimum Gasteiger partial charge on any atom is -0.481 e. The number of pyridine rings is 1. The molecule has 1 aromatic heterocycles. The zero-order valence-corrected chi connectivity index (χ0v) is 14.0. The van der Waals surface area contributed by atoms with E-state index < -0.39 is 5.41 Å². The third kappa shape index (κ3) is 2.40. The van der Waals surface area contributed by atoms with E-state index in [-0.39, 0.29) is 5.91 Å². The van der Waals surface area contributed by atoms with Crippen LogP contribution in [0.5, 0.6) is 5.88 Å². The maximum absolute atomic E-state index is 12.5. The smallest absolute Gasteiger partial charge is 0.232 e. The van der Waals surface area contributed by atoms with Crippen molar-refractivity contribution in [1.29, 1.82) is 0 Å². The third-order valence-corrected chi connectivity index (χ3v) is 4.89. The van der Waals surface area contributed by atoms with E-state index in [1.807, 2.05) is 26.0 Å². The van der Waals surface area contributed by atoms with Crippen LogP contribution in [0, 0.1) is 5.92 Å². The van der Waals surface area contributed by atoms with Crippen molar-refractivity contribution in [3.8, 4) is 5.88 Å². The normalized spacial score (nSPS) is 25.8. The number of primary amides is 1. The van der Waals surface area contributed by atoms with Crippen LogP contribution >= 0.6 is 0 Å². The van der Waals surface area contributed by atoms with Gasteiger partial charge in [-0.1, -0.05) is 38.0 Å². The lowest BCUT2D eigenvalue weighted by atomic mass is 9.61. The van der Waals surface area contributed by atoms with Gasteiger partial charge in [-0.15, -0.1) is 0 Å². The molecule has 0 fully saturated rings. The van der Waals surface area contributed by atoms with E-state index >= 15 is 0 Å². The first kappa shape index (κ1) is 16.5. The number of methoxy groups -OCH3 is 1. The first-order valence-electron chi connectivity index (χ1n) is 8.06. The topological polar surface area (TPSA) is 65.2 Å². The van der Waals surface area contributed by atoms with Crippen LogP contribution in [0.3, 0.4) is 0 Å². The second-order valence-corrected chi connectivity index (χ2v) is 5.90. The molecule has 22 heavy (non-hydrogen) atoms. The van der Waals surface area contributed by atoms with E-state index in [1.54, 1.807) is 7.11 Å². The number of nitrogens with zero attached hydrogens (tertiary/aromatic N) is 1. The molecule has 2 atom stereocenters. The highest BCUT2D eigenvalue weighted by atomic mass is 16.5. The number of fused-ring (bicyclic) bond motifs is 1. The summed E-state index contributed by atoms with van der Waals surface area (Å²) in [4.78, 5) is 17.1. The summed E-state index contributed by atoms with van der Waals surface area (Å²) < 4.78 is 5.25. The number of ether oxygens (including phenoxy) is 1. The summed E-state index contributed by atoms with van der Waals surface area (Å²) in [6, 6.07) is 3.78. The maximum atomic E-state index is 12.5. The van der Waals surface area contributed by atoms with Crippen LogP contribution < -0.4 is 10.5 Å². The van der Waals surface area contributed by atoms with Crippen molar-refractivity contribution in [3.63, 3.8) is 0 Å². The molecule has 120 valence electrons. The predicted molar refractivity (Wildman–Crippen MR) is 87.8 cm³/mol. The fraction of sp³-hybridized carbons (Fsp3) is 0.556. The molecule has 1 aliphatic rings. The predicted octanol–water partition coefficient (Wildman–Crippen LogP) is 3.14. The number of aromatic nitrogens is 1. The summed E-state index contributed by atoms with van der Waals surface area (Å²) in [5.41, 5.74) is 8.20. The Hall–Kier alpha value is -1.84. The monoisotopic (exact) mass is 302 g/mol. The molecule has 0 saturated heterocycles. The Bertz CT molecular complexity index is 595. The average molecular weight is 302 g/mol. The molecule has 4 nitrogen and oxygen atoms in total. The Morgan fingerprint density at radius 3 is 2.73 bits per heavy atom. The first-order chi connectivity index (χ1) is 10.5. The summed E-state index contributed by atoms with van der Waals surface area (Å²) >= 11 is 0. The Balaban J connectivity index is 2.70. The summed E-state index contributed by atoms with van der Waals surface area (Å²) in [5.74, 6) is 0.624. The van der Waals surface area contributed by atoms with Gasteiger partial charge < -0.3 is 10.5 Å². The first-order valence-corrected chi connectivity index (χ1v) is 8.06. The molecule has 1 amide bonds. The molecule has 1 aromatic rings. The number of hydrogen-bond donors (Lipinski definition) is 1. The van der Waals surface area contributed by atoms with Gasteiger partial charge in [-0.25, -0.2) is 4.98 Å². The zero-order chi connectivity index (χ0) is 16.3. The molecular weight excluding hydrogens is 276 g/mol. The van der Waals surface area contributed by atoms with Crippen LogP contribution in [-0.2, 0) is 16.6 Å². The van der Waals surface area contributed by atoms with Gasteiger partial charge in [-0.2, -0.15) is 0 Å². The van der Waals surface area contributed by atoms with Crippen molar-refractivity contribution < 1.29 is 9.53 Å². The van der Waals surface area contributed by atoms with E-state index in [4.69, 9.17) is 10.5 Å². The number of hydrogen-bond acceptors (Lipinski definition) is 3. The lowest BCUT2D eigenvalue weighted by Gasteiger charge is -2.42. The molecule has 2 rings (SSSR count). The standard InChI is InChI=1S/C18H26N2O2/c1-5-8-12-11-15-14(9-10-16(20-15)22-4)18(7-3,17(19)21)13(12)6-2/h6,9-10,12H,5,7-8,11H2,1-4H3,(H2,19,21)/b13-6+/t12-,18?/m1/s1. The van der Waals surface area contributed by atoms with Gasteiger partial charge in [0.25, 0.3) is 0 Å². The highest BCUT2D eigenvalue weighted by Crippen LogP contribution is 2.47. The molecule has 0 bridgehead atoms. The van der Waals surface area contributed by atoms with E-state index in [2.05, 4.69) is 18.0 Å². The summed E-state index contributed by atoms with van der Waals surface area (Å²) in [6.45, 7) is 6.20. The SMILES string of the molecule is C/C=C1\[C@H](CCC)Cc2nc(OC)ccc2C1(CC)C(N)=O. The Morgan fingerprint density at radius 2 is 2.23 bits per heavy atom. The van der Waals surface area contributed by atoms with Gasteiger partial charge in [-0.05, 0) is 37.7 Å². The number of nitrogens with two attached hydrogens (primary N) is 1. The number of carbonyl (C=O) groups is 1. The quantitative estimate of drug-likeness (QED) is 0.850. The molecule has 1 aliphatic carbocycles. The molecule has 2 N–H and O–H groups in total. The van der Waals surface area contributed by atoms with Crippen molar-refractivity contribution >= 4 is 5.91 Å². The average Bonchev–Trinajstić information content (AvgIpc) is 2.52. The number of amides is 1. The largest absolute Gasteiger partial charge is 0.481 e. The lowest BCUT2D eigenvalue weighted by Crippen LogP contribution is -2.48. The lowest BCUT2D eigenvalue weighted by molar-refractivity contribution is -0.122.